The number of rotatable bonds is 7. The smallest absolute Gasteiger partial charge is 0.221 e. The highest BCUT2D eigenvalue weighted by Gasteiger charge is 2.23. The lowest BCUT2D eigenvalue weighted by atomic mass is 9.87. The highest BCUT2D eigenvalue weighted by atomic mass is 35.5. The summed E-state index contributed by atoms with van der Waals surface area (Å²) in [5.74, 6) is 0.529. The molecule has 4 aromatic rings. The summed E-state index contributed by atoms with van der Waals surface area (Å²) < 4.78 is 5.31. The minimum Gasteiger partial charge on any atom is -0.467 e. The van der Waals surface area contributed by atoms with Crippen molar-refractivity contribution in [3.05, 3.63) is 94.5 Å². The van der Waals surface area contributed by atoms with E-state index < -0.39 is 0 Å². The van der Waals surface area contributed by atoms with Crippen LogP contribution in [0.25, 0.3) is 10.9 Å². The Morgan fingerprint density at radius 1 is 1.10 bits per heavy atom. The summed E-state index contributed by atoms with van der Waals surface area (Å²) in [6.45, 7) is 2.51. The summed E-state index contributed by atoms with van der Waals surface area (Å²) in [6, 6.07) is 17.7. The fraction of sp³-hybridized carbons (Fsp3) is 0.208. The first-order valence-electron chi connectivity index (χ1n) is 9.79. The summed E-state index contributed by atoms with van der Waals surface area (Å²) in [5.41, 5.74) is 4.41. The number of carbonyl (C=O) groups is 1. The summed E-state index contributed by atoms with van der Waals surface area (Å²) in [6.07, 6.45) is 4.86. The molecule has 0 unspecified atom stereocenters. The number of nitrogens with one attached hydrogen (secondary N) is 2. The van der Waals surface area contributed by atoms with Crippen LogP contribution in [0, 0.1) is 0 Å². The van der Waals surface area contributed by atoms with E-state index in [1.54, 1.807) is 6.26 Å². The Morgan fingerprint density at radius 3 is 2.72 bits per heavy atom. The third-order valence-electron chi connectivity index (χ3n) is 5.30. The van der Waals surface area contributed by atoms with Gasteiger partial charge in [0.1, 0.15) is 5.76 Å². The van der Waals surface area contributed by atoms with Crippen molar-refractivity contribution in [2.24, 2.45) is 0 Å². The van der Waals surface area contributed by atoms with Crippen molar-refractivity contribution >= 4 is 28.4 Å². The topological polar surface area (TPSA) is 58.0 Å². The number of para-hydroxylation sites is 1. The average Bonchev–Trinajstić information content (AvgIpc) is 3.41. The predicted molar refractivity (Wildman–Crippen MR) is 116 cm³/mol. The molecule has 2 N–H and O–H groups in total. The van der Waals surface area contributed by atoms with E-state index in [1.807, 2.05) is 42.6 Å². The number of H-pyrrole nitrogens is 1. The molecule has 29 heavy (non-hydrogen) atoms. The number of aromatic amines is 1. The number of hydrogen-bond donors (Lipinski definition) is 2. The number of halogens is 1. The number of aryl methyl sites for hydroxylation is 1. The third-order valence-corrected chi connectivity index (χ3v) is 5.64. The van der Waals surface area contributed by atoms with Crippen LogP contribution in [0.15, 0.2) is 71.5 Å². The first-order valence-corrected chi connectivity index (χ1v) is 10.2. The lowest BCUT2D eigenvalue weighted by molar-refractivity contribution is -0.121. The number of hydrogen-bond acceptors (Lipinski definition) is 2. The standard InChI is InChI=1S/C24H23ClN2O2/c1-2-16-7-5-10-19-21(15-27-24(16)19)20(18-9-3-4-11-22(18)25)13-23(28)26-14-17-8-6-12-29-17/h3-12,15,20,27H,2,13-14H2,1H3,(H,26,28)/t20-/m0/s1. The second-order valence-electron chi connectivity index (χ2n) is 7.07. The van der Waals surface area contributed by atoms with Gasteiger partial charge < -0.3 is 14.7 Å². The van der Waals surface area contributed by atoms with Crippen molar-refractivity contribution < 1.29 is 9.21 Å². The molecule has 148 valence electrons. The Labute approximate surface area is 174 Å². The maximum absolute atomic E-state index is 12.8. The summed E-state index contributed by atoms with van der Waals surface area (Å²) in [4.78, 5) is 16.2. The molecule has 0 saturated heterocycles. The Balaban J connectivity index is 1.68. The molecule has 2 aromatic carbocycles. The molecule has 0 aliphatic rings. The van der Waals surface area contributed by atoms with Crippen molar-refractivity contribution in [3.63, 3.8) is 0 Å². The van der Waals surface area contributed by atoms with Crippen molar-refractivity contribution in [1.82, 2.24) is 10.3 Å². The SMILES string of the molecule is CCc1cccc2c([C@@H](CC(=O)NCc3ccco3)c3ccccc3Cl)c[nH]c12. The van der Waals surface area contributed by atoms with E-state index in [0.717, 1.165) is 34.2 Å². The van der Waals surface area contributed by atoms with Gasteiger partial charge in [-0.1, -0.05) is 54.9 Å². The van der Waals surface area contributed by atoms with Gasteiger partial charge in [0.15, 0.2) is 0 Å². The largest absolute Gasteiger partial charge is 0.467 e. The molecule has 4 rings (SSSR count). The lowest BCUT2D eigenvalue weighted by Gasteiger charge is -2.18. The van der Waals surface area contributed by atoms with Gasteiger partial charge in [-0.25, -0.2) is 0 Å². The second kappa shape index (κ2) is 8.58. The van der Waals surface area contributed by atoms with Gasteiger partial charge in [-0.3, -0.25) is 4.79 Å². The highest BCUT2D eigenvalue weighted by molar-refractivity contribution is 6.31. The van der Waals surface area contributed by atoms with Crippen LogP contribution >= 0.6 is 11.6 Å². The van der Waals surface area contributed by atoms with Crippen LogP contribution in [-0.2, 0) is 17.8 Å². The monoisotopic (exact) mass is 406 g/mol. The number of aromatic nitrogens is 1. The fourth-order valence-corrected chi connectivity index (χ4v) is 4.09. The Kier molecular flexibility index (Phi) is 5.72. The van der Waals surface area contributed by atoms with E-state index in [4.69, 9.17) is 16.0 Å². The second-order valence-corrected chi connectivity index (χ2v) is 7.48. The zero-order valence-corrected chi connectivity index (χ0v) is 17.0. The Morgan fingerprint density at radius 2 is 1.97 bits per heavy atom. The van der Waals surface area contributed by atoms with Crippen molar-refractivity contribution in [2.75, 3.05) is 0 Å². The highest BCUT2D eigenvalue weighted by Crippen LogP contribution is 2.37. The molecule has 1 atom stereocenters. The zero-order chi connectivity index (χ0) is 20.2. The quantitative estimate of drug-likeness (QED) is 0.406. The number of benzene rings is 2. The molecular weight excluding hydrogens is 384 g/mol. The van der Waals surface area contributed by atoms with Gasteiger partial charge in [0.25, 0.3) is 0 Å². The average molecular weight is 407 g/mol. The molecule has 0 fully saturated rings. The van der Waals surface area contributed by atoms with Gasteiger partial charge in [-0.2, -0.15) is 0 Å². The van der Waals surface area contributed by atoms with Crippen LogP contribution in [-0.4, -0.2) is 10.9 Å². The van der Waals surface area contributed by atoms with E-state index >= 15 is 0 Å². The molecule has 1 amide bonds. The van der Waals surface area contributed by atoms with Crippen LogP contribution in [0.1, 0.15) is 41.7 Å². The first-order chi connectivity index (χ1) is 14.2. The maximum Gasteiger partial charge on any atom is 0.221 e. The Hall–Kier alpha value is -2.98. The normalized spacial score (nSPS) is 12.2. The Bertz CT molecular complexity index is 1120. The molecule has 0 aliphatic heterocycles. The number of fused-ring (bicyclic) bond motifs is 1. The van der Waals surface area contributed by atoms with Gasteiger partial charge in [0, 0.05) is 34.5 Å². The van der Waals surface area contributed by atoms with Gasteiger partial charge in [0.2, 0.25) is 5.91 Å². The molecule has 5 heteroatoms. The van der Waals surface area contributed by atoms with E-state index in [9.17, 15) is 4.79 Å². The number of amides is 1. The molecular formula is C24H23ClN2O2. The minimum absolute atomic E-state index is 0.0488. The third kappa shape index (κ3) is 4.08. The van der Waals surface area contributed by atoms with Crippen LogP contribution < -0.4 is 5.32 Å². The molecule has 2 aromatic heterocycles. The maximum atomic E-state index is 12.8. The summed E-state index contributed by atoms with van der Waals surface area (Å²) in [5, 5.41) is 4.75. The molecule has 0 bridgehead atoms. The van der Waals surface area contributed by atoms with Gasteiger partial charge in [-0.15, -0.1) is 0 Å². The zero-order valence-electron chi connectivity index (χ0n) is 16.2. The van der Waals surface area contributed by atoms with E-state index in [1.165, 1.54) is 5.56 Å². The van der Waals surface area contributed by atoms with Crippen molar-refractivity contribution in [2.45, 2.75) is 32.2 Å². The predicted octanol–water partition coefficient (Wildman–Crippen LogP) is 5.82. The van der Waals surface area contributed by atoms with Gasteiger partial charge >= 0.3 is 0 Å². The molecule has 0 radical (unpaired) electrons. The molecule has 2 heterocycles. The van der Waals surface area contributed by atoms with Gasteiger partial charge in [-0.05, 0) is 41.3 Å². The van der Waals surface area contributed by atoms with Gasteiger partial charge in [0.05, 0.1) is 12.8 Å². The minimum atomic E-state index is -0.152. The van der Waals surface area contributed by atoms with E-state index in [-0.39, 0.29) is 11.8 Å². The van der Waals surface area contributed by atoms with Crippen LogP contribution in [0.3, 0.4) is 0 Å². The number of carbonyl (C=O) groups excluding carboxylic acids is 1. The summed E-state index contributed by atoms with van der Waals surface area (Å²) in [7, 11) is 0. The molecule has 0 aliphatic carbocycles. The van der Waals surface area contributed by atoms with Crippen LogP contribution in [0.2, 0.25) is 5.02 Å². The fourth-order valence-electron chi connectivity index (χ4n) is 3.82. The molecule has 0 spiro atoms. The number of furan rings is 1. The van der Waals surface area contributed by atoms with Crippen molar-refractivity contribution in [3.8, 4) is 0 Å². The van der Waals surface area contributed by atoms with E-state index in [0.29, 0.717) is 18.0 Å². The molecule has 0 saturated carbocycles. The van der Waals surface area contributed by atoms with Crippen molar-refractivity contribution in [1.29, 1.82) is 0 Å². The van der Waals surface area contributed by atoms with Crippen LogP contribution in [0.4, 0.5) is 0 Å². The van der Waals surface area contributed by atoms with E-state index in [2.05, 4.69) is 35.4 Å². The molecule has 4 nitrogen and oxygen atoms in total. The summed E-state index contributed by atoms with van der Waals surface area (Å²) >= 11 is 6.53. The lowest BCUT2D eigenvalue weighted by Crippen LogP contribution is -2.24. The van der Waals surface area contributed by atoms with Crippen LogP contribution in [0.5, 0.6) is 0 Å². The first kappa shape index (κ1) is 19.3.